The average Bonchev–Trinajstić information content (AvgIpc) is 2.42. The fraction of sp³-hybridized carbons (Fsp3) is 0.188. The third-order valence-electron chi connectivity index (χ3n) is 3.06. The molecule has 3 nitrogen and oxygen atoms in total. The third-order valence-corrected chi connectivity index (χ3v) is 3.31. The van der Waals surface area contributed by atoms with Crippen LogP contribution in [-0.2, 0) is 13.1 Å². The van der Waals surface area contributed by atoms with Crippen LogP contribution in [0.1, 0.15) is 21.5 Å². The number of nitrogens with zero attached hydrogens (tertiary/aromatic N) is 1. The molecule has 1 amide bonds. The van der Waals surface area contributed by atoms with E-state index in [-0.39, 0.29) is 0 Å². The Kier molecular flexibility index (Phi) is 4.77. The van der Waals surface area contributed by atoms with Crippen LogP contribution in [0.5, 0.6) is 0 Å². The number of hydrogen-bond acceptors (Lipinski definition) is 2. The summed E-state index contributed by atoms with van der Waals surface area (Å²) in [7, 11) is 2.05. The smallest absolute Gasteiger partial charge is 0.248 e. The van der Waals surface area contributed by atoms with Gasteiger partial charge in [0.25, 0.3) is 0 Å². The molecule has 4 heteroatoms. The van der Waals surface area contributed by atoms with Crippen molar-refractivity contribution in [1.82, 2.24) is 4.90 Å². The number of nitrogens with two attached hydrogens (primary N) is 1. The molecule has 2 aromatic rings. The number of halogens is 1. The van der Waals surface area contributed by atoms with Gasteiger partial charge >= 0.3 is 0 Å². The monoisotopic (exact) mass is 288 g/mol. The molecule has 0 saturated carbocycles. The highest BCUT2D eigenvalue weighted by atomic mass is 35.5. The van der Waals surface area contributed by atoms with Crippen LogP contribution in [0.3, 0.4) is 0 Å². The molecule has 0 bridgehead atoms. The van der Waals surface area contributed by atoms with Crippen molar-refractivity contribution in [2.75, 3.05) is 7.05 Å². The second-order valence-corrected chi connectivity index (χ2v) is 5.30. The van der Waals surface area contributed by atoms with Crippen molar-refractivity contribution in [3.05, 3.63) is 70.2 Å². The van der Waals surface area contributed by atoms with Gasteiger partial charge in [-0.3, -0.25) is 9.69 Å². The molecule has 0 heterocycles. The largest absolute Gasteiger partial charge is 0.366 e. The summed E-state index contributed by atoms with van der Waals surface area (Å²) < 4.78 is 0. The number of rotatable bonds is 5. The van der Waals surface area contributed by atoms with Crippen molar-refractivity contribution in [1.29, 1.82) is 0 Å². The predicted octanol–water partition coefficient (Wildman–Crippen LogP) is 3.07. The number of carbonyl (C=O) groups is 1. The topological polar surface area (TPSA) is 46.3 Å². The van der Waals surface area contributed by atoms with Crippen molar-refractivity contribution >= 4 is 17.5 Å². The Morgan fingerprint density at radius 2 is 1.45 bits per heavy atom. The minimum Gasteiger partial charge on any atom is -0.366 e. The van der Waals surface area contributed by atoms with Gasteiger partial charge in [0.15, 0.2) is 0 Å². The van der Waals surface area contributed by atoms with Gasteiger partial charge in [-0.15, -0.1) is 0 Å². The molecule has 0 radical (unpaired) electrons. The number of hydrogen-bond donors (Lipinski definition) is 1. The predicted molar refractivity (Wildman–Crippen MR) is 81.6 cm³/mol. The van der Waals surface area contributed by atoms with Gasteiger partial charge in [-0.2, -0.15) is 0 Å². The highest BCUT2D eigenvalue weighted by Crippen LogP contribution is 2.13. The van der Waals surface area contributed by atoms with E-state index in [0.717, 1.165) is 23.7 Å². The zero-order valence-electron chi connectivity index (χ0n) is 11.3. The first-order valence-corrected chi connectivity index (χ1v) is 6.74. The maximum absolute atomic E-state index is 11.0. The Morgan fingerprint density at radius 1 is 1.00 bits per heavy atom. The van der Waals surface area contributed by atoms with Gasteiger partial charge in [0.2, 0.25) is 5.91 Å². The molecule has 0 aliphatic heterocycles. The third kappa shape index (κ3) is 4.08. The van der Waals surface area contributed by atoms with Crippen molar-refractivity contribution in [2.24, 2.45) is 5.73 Å². The molecule has 0 spiro atoms. The van der Waals surface area contributed by atoms with Crippen molar-refractivity contribution in [3.8, 4) is 0 Å². The van der Waals surface area contributed by atoms with Gasteiger partial charge < -0.3 is 5.73 Å². The van der Waals surface area contributed by atoms with E-state index in [4.69, 9.17) is 17.3 Å². The summed E-state index contributed by atoms with van der Waals surface area (Å²) in [4.78, 5) is 13.2. The molecular weight excluding hydrogens is 272 g/mol. The normalized spacial score (nSPS) is 10.8. The van der Waals surface area contributed by atoms with Gasteiger partial charge in [-0.05, 0) is 42.4 Å². The number of carbonyl (C=O) groups excluding carboxylic acids is 1. The highest BCUT2D eigenvalue weighted by molar-refractivity contribution is 6.30. The minimum absolute atomic E-state index is 0.397. The molecule has 2 aromatic carbocycles. The molecule has 0 fully saturated rings. The summed E-state index contributed by atoms with van der Waals surface area (Å²) in [6.07, 6.45) is 0. The lowest BCUT2D eigenvalue weighted by molar-refractivity contribution is 0.100. The molecular formula is C16H17ClN2O. The zero-order valence-corrected chi connectivity index (χ0v) is 12.1. The molecule has 0 atom stereocenters. The number of primary amides is 1. The lowest BCUT2D eigenvalue weighted by Crippen LogP contribution is -2.17. The van der Waals surface area contributed by atoms with Crippen molar-refractivity contribution in [3.63, 3.8) is 0 Å². The molecule has 2 N–H and O–H groups in total. The molecule has 2 rings (SSSR count). The minimum atomic E-state index is -0.397. The highest BCUT2D eigenvalue weighted by Gasteiger charge is 2.04. The van der Waals surface area contributed by atoms with E-state index in [9.17, 15) is 4.79 Å². The standard InChI is InChI=1S/C16H17ClN2O/c1-19(11-13-4-8-15(17)9-5-13)10-12-2-6-14(7-3-12)16(18)20/h2-9H,10-11H2,1H3,(H2,18,20). The van der Waals surface area contributed by atoms with Crippen LogP contribution >= 0.6 is 11.6 Å². The van der Waals surface area contributed by atoms with Crippen molar-refractivity contribution in [2.45, 2.75) is 13.1 Å². The number of amides is 1. The Hall–Kier alpha value is -1.84. The van der Waals surface area contributed by atoms with Crippen LogP contribution in [0.2, 0.25) is 5.02 Å². The van der Waals surface area contributed by atoms with E-state index in [1.54, 1.807) is 12.1 Å². The van der Waals surface area contributed by atoms with Crippen LogP contribution in [0, 0.1) is 0 Å². The summed E-state index contributed by atoms with van der Waals surface area (Å²) in [6, 6.07) is 15.2. The second-order valence-electron chi connectivity index (χ2n) is 4.86. The Balaban J connectivity index is 1.95. The van der Waals surface area contributed by atoms with Gasteiger partial charge in [0.05, 0.1) is 0 Å². The fourth-order valence-electron chi connectivity index (χ4n) is 2.04. The molecule has 0 unspecified atom stereocenters. The first kappa shape index (κ1) is 14.6. The Labute approximate surface area is 124 Å². The van der Waals surface area contributed by atoms with Gasteiger partial charge in [0, 0.05) is 23.7 Å². The lowest BCUT2D eigenvalue weighted by Gasteiger charge is -2.17. The quantitative estimate of drug-likeness (QED) is 0.919. The van der Waals surface area contributed by atoms with E-state index in [1.165, 1.54) is 5.56 Å². The average molecular weight is 289 g/mol. The number of benzene rings is 2. The Bertz CT molecular complexity index is 578. The van der Waals surface area contributed by atoms with Crippen LogP contribution < -0.4 is 5.73 Å². The molecule has 0 saturated heterocycles. The molecule has 0 aliphatic carbocycles. The first-order valence-electron chi connectivity index (χ1n) is 6.36. The SMILES string of the molecule is CN(Cc1ccc(Cl)cc1)Cc1ccc(C(N)=O)cc1. The van der Waals surface area contributed by atoms with E-state index in [0.29, 0.717) is 5.56 Å². The maximum Gasteiger partial charge on any atom is 0.248 e. The van der Waals surface area contributed by atoms with Crippen LogP contribution in [0.15, 0.2) is 48.5 Å². The second kappa shape index (κ2) is 6.55. The lowest BCUT2D eigenvalue weighted by atomic mass is 10.1. The summed E-state index contributed by atoms with van der Waals surface area (Å²) >= 11 is 5.87. The van der Waals surface area contributed by atoms with E-state index in [1.807, 2.05) is 36.4 Å². The van der Waals surface area contributed by atoms with Crippen LogP contribution in [0.25, 0.3) is 0 Å². The summed E-state index contributed by atoms with van der Waals surface area (Å²) in [6.45, 7) is 1.65. The maximum atomic E-state index is 11.0. The van der Waals surface area contributed by atoms with Gasteiger partial charge in [-0.25, -0.2) is 0 Å². The summed E-state index contributed by atoms with van der Waals surface area (Å²) in [5.74, 6) is -0.397. The van der Waals surface area contributed by atoms with Crippen molar-refractivity contribution < 1.29 is 4.79 Å². The van der Waals surface area contributed by atoms with E-state index in [2.05, 4.69) is 11.9 Å². The summed E-state index contributed by atoms with van der Waals surface area (Å²) in [5.41, 5.74) is 8.11. The van der Waals surface area contributed by atoms with Crippen LogP contribution in [0.4, 0.5) is 0 Å². The molecule has 20 heavy (non-hydrogen) atoms. The first-order chi connectivity index (χ1) is 9.54. The molecule has 104 valence electrons. The summed E-state index contributed by atoms with van der Waals surface area (Å²) in [5, 5.41) is 0.749. The fourth-order valence-corrected chi connectivity index (χ4v) is 2.17. The van der Waals surface area contributed by atoms with E-state index < -0.39 is 5.91 Å². The molecule has 0 aromatic heterocycles. The zero-order chi connectivity index (χ0) is 14.5. The Morgan fingerprint density at radius 3 is 1.90 bits per heavy atom. The van der Waals surface area contributed by atoms with Gasteiger partial charge in [-0.1, -0.05) is 35.9 Å². The molecule has 0 aliphatic rings. The van der Waals surface area contributed by atoms with Gasteiger partial charge in [0.1, 0.15) is 0 Å². The van der Waals surface area contributed by atoms with Crippen LogP contribution in [-0.4, -0.2) is 17.9 Å². The van der Waals surface area contributed by atoms with E-state index >= 15 is 0 Å².